The highest BCUT2D eigenvalue weighted by Crippen LogP contribution is 2.05. The van der Waals surface area contributed by atoms with Gasteiger partial charge in [-0.1, -0.05) is 6.92 Å². The van der Waals surface area contributed by atoms with Crippen LogP contribution >= 0.6 is 0 Å². The molecule has 4 nitrogen and oxygen atoms in total. The van der Waals surface area contributed by atoms with Crippen LogP contribution in [0, 0.1) is 13.8 Å². The first kappa shape index (κ1) is 13.2. The Morgan fingerprint density at radius 2 is 2.25 bits per heavy atom. The van der Waals surface area contributed by atoms with Crippen LogP contribution in [0.3, 0.4) is 0 Å². The van der Waals surface area contributed by atoms with Gasteiger partial charge in [-0.2, -0.15) is 0 Å². The van der Waals surface area contributed by atoms with E-state index in [0.29, 0.717) is 6.04 Å². The standard InChI is InChI=1S/C12H23N3O/c1-5-6-13-12(8-16-4)7-15-9-14-10(2)11(15)3/h9,12-13H,5-8H2,1-4H3. The molecule has 1 rings (SSSR count). The number of rotatable bonds is 7. The predicted octanol–water partition coefficient (Wildman–Crippen LogP) is 1.51. The molecular weight excluding hydrogens is 202 g/mol. The van der Waals surface area contributed by atoms with Crippen LogP contribution in [0.25, 0.3) is 0 Å². The van der Waals surface area contributed by atoms with Crippen LogP contribution in [0.2, 0.25) is 0 Å². The van der Waals surface area contributed by atoms with E-state index in [1.165, 1.54) is 5.69 Å². The molecule has 1 N–H and O–H groups in total. The van der Waals surface area contributed by atoms with E-state index in [-0.39, 0.29) is 0 Å². The van der Waals surface area contributed by atoms with Crippen molar-refractivity contribution in [3.05, 3.63) is 17.7 Å². The van der Waals surface area contributed by atoms with Gasteiger partial charge < -0.3 is 14.6 Å². The second-order valence-electron chi connectivity index (χ2n) is 4.17. The van der Waals surface area contributed by atoms with E-state index in [1.54, 1.807) is 7.11 Å². The maximum absolute atomic E-state index is 5.22. The van der Waals surface area contributed by atoms with Crippen molar-refractivity contribution in [2.24, 2.45) is 0 Å². The number of aryl methyl sites for hydroxylation is 1. The van der Waals surface area contributed by atoms with Crippen LogP contribution in [0.4, 0.5) is 0 Å². The second-order valence-corrected chi connectivity index (χ2v) is 4.17. The quantitative estimate of drug-likeness (QED) is 0.764. The lowest BCUT2D eigenvalue weighted by atomic mass is 10.2. The molecule has 0 radical (unpaired) electrons. The maximum atomic E-state index is 5.22. The average Bonchev–Trinajstić information content (AvgIpc) is 2.58. The van der Waals surface area contributed by atoms with E-state index in [2.05, 4.69) is 28.7 Å². The predicted molar refractivity (Wildman–Crippen MR) is 65.7 cm³/mol. The Labute approximate surface area is 98.0 Å². The third kappa shape index (κ3) is 3.61. The highest BCUT2D eigenvalue weighted by atomic mass is 16.5. The van der Waals surface area contributed by atoms with Crippen LogP contribution in [0.15, 0.2) is 6.33 Å². The highest BCUT2D eigenvalue weighted by Gasteiger charge is 2.10. The van der Waals surface area contributed by atoms with Gasteiger partial charge in [0.05, 0.1) is 18.6 Å². The van der Waals surface area contributed by atoms with Crippen molar-refractivity contribution in [2.75, 3.05) is 20.3 Å². The lowest BCUT2D eigenvalue weighted by Crippen LogP contribution is -2.37. The van der Waals surface area contributed by atoms with Crippen molar-refractivity contribution in [1.82, 2.24) is 14.9 Å². The number of nitrogens with zero attached hydrogens (tertiary/aromatic N) is 2. The summed E-state index contributed by atoms with van der Waals surface area (Å²) in [6.45, 7) is 8.99. The molecule has 0 spiro atoms. The van der Waals surface area contributed by atoms with Crippen LogP contribution < -0.4 is 5.32 Å². The van der Waals surface area contributed by atoms with E-state index < -0.39 is 0 Å². The zero-order valence-electron chi connectivity index (χ0n) is 10.8. The molecule has 16 heavy (non-hydrogen) atoms. The number of imidazole rings is 1. The minimum atomic E-state index is 0.359. The number of hydrogen-bond acceptors (Lipinski definition) is 3. The van der Waals surface area contributed by atoms with Gasteiger partial charge in [0.25, 0.3) is 0 Å². The van der Waals surface area contributed by atoms with E-state index in [4.69, 9.17) is 4.74 Å². The molecule has 0 bridgehead atoms. The molecule has 0 aliphatic heterocycles. The Morgan fingerprint density at radius 3 is 2.75 bits per heavy atom. The first-order chi connectivity index (χ1) is 7.69. The van der Waals surface area contributed by atoms with Crippen molar-refractivity contribution in [3.63, 3.8) is 0 Å². The Hall–Kier alpha value is -0.870. The van der Waals surface area contributed by atoms with E-state index in [9.17, 15) is 0 Å². The summed E-state index contributed by atoms with van der Waals surface area (Å²) >= 11 is 0. The van der Waals surface area contributed by atoms with Gasteiger partial charge in [0.15, 0.2) is 0 Å². The van der Waals surface area contributed by atoms with E-state index in [1.807, 2.05) is 13.3 Å². The molecule has 0 amide bonds. The first-order valence-corrected chi connectivity index (χ1v) is 5.89. The topological polar surface area (TPSA) is 39.1 Å². The Kier molecular flexibility index (Phi) is 5.49. The van der Waals surface area contributed by atoms with Crippen molar-refractivity contribution in [1.29, 1.82) is 0 Å². The average molecular weight is 225 g/mol. The van der Waals surface area contributed by atoms with E-state index in [0.717, 1.165) is 31.8 Å². The van der Waals surface area contributed by atoms with Gasteiger partial charge >= 0.3 is 0 Å². The van der Waals surface area contributed by atoms with Gasteiger partial charge in [0, 0.05) is 25.4 Å². The summed E-state index contributed by atoms with van der Waals surface area (Å²) in [6.07, 6.45) is 3.04. The van der Waals surface area contributed by atoms with Crippen LogP contribution in [-0.2, 0) is 11.3 Å². The van der Waals surface area contributed by atoms with Crippen LogP contribution in [0.1, 0.15) is 24.7 Å². The summed E-state index contributed by atoms with van der Waals surface area (Å²) < 4.78 is 7.41. The molecule has 0 fully saturated rings. The van der Waals surface area contributed by atoms with Crippen molar-refractivity contribution >= 4 is 0 Å². The van der Waals surface area contributed by atoms with E-state index >= 15 is 0 Å². The molecule has 0 saturated heterocycles. The largest absolute Gasteiger partial charge is 0.383 e. The second kappa shape index (κ2) is 6.66. The lowest BCUT2D eigenvalue weighted by Gasteiger charge is -2.19. The van der Waals surface area contributed by atoms with Crippen molar-refractivity contribution in [3.8, 4) is 0 Å². The maximum Gasteiger partial charge on any atom is 0.0951 e. The molecule has 0 saturated carbocycles. The zero-order valence-corrected chi connectivity index (χ0v) is 10.8. The molecular formula is C12H23N3O. The molecule has 1 atom stereocenters. The summed E-state index contributed by atoms with van der Waals surface area (Å²) in [4.78, 5) is 4.30. The molecule has 1 unspecified atom stereocenters. The first-order valence-electron chi connectivity index (χ1n) is 5.89. The number of nitrogens with one attached hydrogen (secondary N) is 1. The monoisotopic (exact) mass is 225 g/mol. The molecule has 0 aliphatic carbocycles. The Bertz CT molecular complexity index is 309. The molecule has 1 aromatic rings. The van der Waals surface area contributed by atoms with Crippen LogP contribution in [-0.4, -0.2) is 35.9 Å². The Morgan fingerprint density at radius 1 is 1.50 bits per heavy atom. The number of hydrogen-bond donors (Lipinski definition) is 1. The number of methoxy groups -OCH3 is 1. The molecule has 1 heterocycles. The molecule has 1 aromatic heterocycles. The van der Waals surface area contributed by atoms with Crippen LogP contribution in [0.5, 0.6) is 0 Å². The van der Waals surface area contributed by atoms with Gasteiger partial charge in [-0.15, -0.1) is 0 Å². The SMILES string of the molecule is CCCNC(COC)Cn1cnc(C)c1C. The van der Waals surface area contributed by atoms with Gasteiger partial charge in [0.2, 0.25) is 0 Å². The molecule has 4 heteroatoms. The molecule has 0 aliphatic rings. The normalized spacial score (nSPS) is 13.0. The van der Waals surface area contributed by atoms with Crippen molar-refractivity contribution < 1.29 is 4.74 Å². The van der Waals surface area contributed by atoms with Gasteiger partial charge in [-0.25, -0.2) is 4.98 Å². The minimum Gasteiger partial charge on any atom is -0.383 e. The van der Waals surface area contributed by atoms with Gasteiger partial charge in [-0.05, 0) is 26.8 Å². The zero-order chi connectivity index (χ0) is 12.0. The van der Waals surface area contributed by atoms with Crippen molar-refractivity contribution in [2.45, 2.75) is 39.8 Å². The Balaban J connectivity index is 2.56. The highest BCUT2D eigenvalue weighted by molar-refractivity contribution is 5.08. The summed E-state index contributed by atoms with van der Waals surface area (Å²) in [6, 6.07) is 0.359. The fraction of sp³-hybridized carbons (Fsp3) is 0.750. The van der Waals surface area contributed by atoms with Gasteiger partial charge in [-0.3, -0.25) is 0 Å². The lowest BCUT2D eigenvalue weighted by molar-refractivity contribution is 0.158. The number of ether oxygens (including phenoxy) is 1. The fourth-order valence-corrected chi connectivity index (χ4v) is 1.69. The molecule has 0 aromatic carbocycles. The third-order valence-corrected chi connectivity index (χ3v) is 2.81. The summed E-state index contributed by atoms with van der Waals surface area (Å²) in [5.41, 5.74) is 2.34. The summed E-state index contributed by atoms with van der Waals surface area (Å²) in [5.74, 6) is 0. The third-order valence-electron chi connectivity index (χ3n) is 2.81. The molecule has 92 valence electrons. The van der Waals surface area contributed by atoms with Gasteiger partial charge in [0.1, 0.15) is 0 Å². The fourth-order valence-electron chi connectivity index (χ4n) is 1.69. The number of aromatic nitrogens is 2. The summed E-state index contributed by atoms with van der Waals surface area (Å²) in [7, 11) is 1.74. The smallest absolute Gasteiger partial charge is 0.0951 e. The minimum absolute atomic E-state index is 0.359. The summed E-state index contributed by atoms with van der Waals surface area (Å²) in [5, 5.41) is 3.48.